The van der Waals surface area contributed by atoms with Crippen molar-refractivity contribution >= 4 is 23.2 Å². The molecule has 0 unspecified atom stereocenters. The highest BCUT2D eigenvalue weighted by Gasteiger charge is 2.31. The van der Waals surface area contributed by atoms with Crippen LogP contribution in [0.5, 0.6) is 11.5 Å². The van der Waals surface area contributed by atoms with Crippen LogP contribution in [0.1, 0.15) is 16.7 Å². The first-order valence-corrected chi connectivity index (χ1v) is 9.47. The fraction of sp³-hybridized carbons (Fsp3) is 0.238. The highest BCUT2D eigenvalue weighted by Crippen LogP contribution is 2.28. The number of ether oxygens (including phenoxy) is 2. The normalized spacial score (nSPS) is 11.3. The van der Waals surface area contributed by atoms with Gasteiger partial charge in [0, 0.05) is 10.7 Å². The van der Waals surface area contributed by atoms with E-state index in [1.54, 1.807) is 42.7 Å². The molecule has 0 radical (unpaired) electrons. The van der Waals surface area contributed by atoms with Crippen molar-refractivity contribution in [1.29, 1.82) is 0 Å². The molecular weight excluding hydrogens is 435 g/mol. The number of alkyl halides is 3. The number of nitrogens with one attached hydrogen (secondary N) is 1. The summed E-state index contributed by atoms with van der Waals surface area (Å²) in [6, 6.07) is 9.51. The predicted molar refractivity (Wildman–Crippen MR) is 111 cm³/mol. The summed E-state index contributed by atoms with van der Waals surface area (Å²) in [5, 5.41) is 3.59. The number of hydrogen-bond acceptors (Lipinski definition) is 5. The summed E-state index contributed by atoms with van der Waals surface area (Å²) >= 11 is 6.16. The molecule has 31 heavy (non-hydrogen) atoms. The number of rotatable bonds is 6. The van der Waals surface area contributed by atoms with E-state index in [0.717, 1.165) is 5.56 Å². The number of aromatic nitrogens is 2. The molecule has 164 valence electrons. The molecule has 3 aromatic rings. The number of methoxy groups -OCH3 is 1. The van der Waals surface area contributed by atoms with E-state index in [-0.39, 0.29) is 24.0 Å². The lowest BCUT2D eigenvalue weighted by Crippen LogP contribution is -2.19. The molecular formula is C21H19ClF3N3O3. The van der Waals surface area contributed by atoms with Crippen molar-refractivity contribution < 1.29 is 22.6 Å². The van der Waals surface area contributed by atoms with E-state index in [1.165, 1.54) is 25.4 Å². The van der Waals surface area contributed by atoms with Crippen LogP contribution in [0.3, 0.4) is 0 Å². The molecule has 6 nitrogen and oxygen atoms in total. The summed E-state index contributed by atoms with van der Waals surface area (Å²) in [7, 11) is 1.33. The number of nitrogens with zero attached hydrogens (tertiary/aromatic N) is 2. The molecule has 0 aliphatic heterocycles. The zero-order valence-corrected chi connectivity index (χ0v) is 17.6. The second-order valence-corrected chi connectivity index (χ2v) is 7.21. The average Bonchev–Trinajstić information content (AvgIpc) is 2.65. The van der Waals surface area contributed by atoms with Gasteiger partial charge in [0.25, 0.3) is 0 Å². The van der Waals surface area contributed by atoms with Crippen LogP contribution in [0.4, 0.5) is 24.8 Å². The van der Waals surface area contributed by atoms with Crippen molar-refractivity contribution in [3.8, 4) is 11.5 Å². The van der Waals surface area contributed by atoms with Gasteiger partial charge in [-0.2, -0.15) is 4.98 Å². The molecule has 0 saturated carbocycles. The van der Waals surface area contributed by atoms with Crippen LogP contribution in [0, 0.1) is 13.8 Å². The van der Waals surface area contributed by atoms with Crippen LogP contribution >= 0.6 is 11.6 Å². The summed E-state index contributed by atoms with van der Waals surface area (Å²) in [6.45, 7) is 3.56. The first-order chi connectivity index (χ1) is 14.6. The number of anilines is 2. The minimum absolute atomic E-state index is 0.00668. The van der Waals surface area contributed by atoms with Gasteiger partial charge in [0.2, 0.25) is 11.7 Å². The molecule has 1 N–H and O–H groups in total. The summed E-state index contributed by atoms with van der Waals surface area (Å²) in [5.41, 5.74) is 1.88. The molecule has 0 aliphatic carbocycles. The molecule has 1 aromatic heterocycles. The predicted octanol–water partition coefficient (Wildman–Crippen LogP) is 5.21. The Bertz CT molecular complexity index is 1160. The number of aryl methyl sites for hydroxylation is 1. The average molecular weight is 454 g/mol. The zero-order valence-electron chi connectivity index (χ0n) is 16.9. The number of hydrogen-bond donors (Lipinski definition) is 1. The quantitative estimate of drug-likeness (QED) is 0.555. The number of halogens is 4. The standard InChI is InChI=1S/C21H19ClF3N3O3/c1-12-7-14(9-15(8-12)31-21(23,24)25)10-28-11-18(30-3)19(29)27-20(28)26-17-6-4-5-16(22)13(17)2/h4-9,11H,10H2,1-3H3,(H,26,27,29). The van der Waals surface area contributed by atoms with E-state index in [2.05, 4.69) is 15.0 Å². The summed E-state index contributed by atoms with van der Waals surface area (Å²) in [4.78, 5) is 16.2. The minimum Gasteiger partial charge on any atom is -0.490 e. The molecule has 2 aromatic carbocycles. The molecule has 0 fully saturated rings. The summed E-state index contributed by atoms with van der Waals surface area (Å²) < 4.78 is 48.6. The third kappa shape index (κ3) is 5.69. The van der Waals surface area contributed by atoms with Crippen molar-refractivity contribution in [3.63, 3.8) is 0 Å². The fourth-order valence-corrected chi connectivity index (χ4v) is 3.18. The SMILES string of the molecule is COc1cn(Cc2cc(C)cc(OC(F)(F)F)c2)c(Nc2cccc(Cl)c2C)nc1=O. The van der Waals surface area contributed by atoms with Crippen LogP contribution in [-0.2, 0) is 6.54 Å². The van der Waals surface area contributed by atoms with Gasteiger partial charge < -0.3 is 19.4 Å². The first-order valence-electron chi connectivity index (χ1n) is 9.09. The highest BCUT2D eigenvalue weighted by atomic mass is 35.5. The lowest BCUT2D eigenvalue weighted by atomic mass is 10.1. The monoisotopic (exact) mass is 453 g/mol. The lowest BCUT2D eigenvalue weighted by molar-refractivity contribution is -0.274. The van der Waals surface area contributed by atoms with E-state index in [0.29, 0.717) is 21.8 Å². The maximum atomic E-state index is 12.6. The molecule has 0 aliphatic rings. The second-order valence-electron chi connectivity index (χ2n) is 6.81. The van der Waals surface area contributed by atoms with E-state index >= 15 is 0 Å². The first kappa shape index (κ1) is 22.5. The van der Waals surface area contributed by atoms with Crippen molar-refractivity contribution in [2.45, 2.75) is 26.8 Å². The van der Waals surface area contributed by atoms with Crippen LogP contribution in [0.25, 0.3) is 0 Å². The van der Waals surface area contributed by atoms with E-state index < -0.39 is 11.9 Å². The Morgan fingerprint density at radius 2 is 1.94 bits per heavy atom. The van der Waals surface area contributed by atoms with Gasteiger partial charge in [-0.15, -0.1) is 13.2 Å². The van der Waals surface area contributed by atoms with E-state index in [4.69, 9.17) is 16.3 Å². The van der Waals surface area contributed by atoms with E-state index in [9.17, 15) is 18.0 Å². The molecule has 3 rings (SSSR count). The van der Waals surface area contributed by atoms with Crippen molar-refractivity contribution in [3.05, 3.63) is 74.7 Å². The van der Waals surface area contributed by atoms with Gasteiger partial charge in [0.1, 0.15) is 5.75 Å². The molecule has 0 bridgehead atoms. The minimum atomic E-state index is -4.80. The molecule has 1 heterocycles. The van der Waals surface area contributed by atoms with Gasteiger partial charge in [-0.1, -0.05) is 23.7 Å². The Labute approximate surface area is 181 Å². The topological polar surface area (TPSA) is 65.4 Å². The Morgan fingerprint density at radius 3 is 2.61 bits per heavy atom. The Hall–Kier alpha value is -3.20. The van der Waals surface area contributed by atoms with Gasteiger partial charge in [0.05, 0.1) is 19.9 Å². The molecule has 0 atom stereocenters. The molecule has 10 heteroatoms. The molecule has 0 saturated heterocycles. The van der Waals surface area contributed by atoms with Gasteiger partial charge in [-0.05, 0) is 54.8 Å². The van der Waals surface area contributed by atoms with Crippen LogP contribution < -0.4 is 20.3 Å². The molecule has 0 spiro atoms. The Balaban J connectivity index is 2.02. The van der Waals surface area contributed by atoms with Crippen LogP contribution in [0.2, 0.25) is 5.02 Å². The van der Waals surface area contributed by atoms with Gasteiger partial charge >= 0.3 is 11.9 Å². The fourth-order valence-electron chi connectivity index (χ4n) is 3.00. The maximum absolute atomic E-state index is 12.6. The molecule has 0 amide bonds. The zero-order chi connectivity index (χ0) is 22.8. The Morgan fingerprint density at radius 1 is 1.19 bits per heavy atom. The second kappa shape index (κ2) is 8.89. The van der Waals surface area contributed by atoms with Crippen LogP contribution in [-0.4, -0.2) is 23.0 Å². The highest BCUT2D eigenvalue weighted by molar-refractivity contribution is 6.31. The Kier molecular flexibility index (Phi) is 6.45. The summed E-state index contributed by atoms with van der Waals surface area (Å²) in [5.74, 6) is -0.160. The maximum Gasteiger partial charge on any atom is 0.573 e. The largest absolute Gasteiger partial charge is 0.573 e. The summed E-state index contributed by atoms with van der Waals surface area (Å²) in [6.07, 6.45) is -3.37. The van der Waals surface area contributed by atoms with Crippen molar-refractivity contribution in [2.75, 3.05) is 12.4 Å². The van der Waals surface area contributed by atoms with Gasteiger partial charge in [0.15, 0.2) is 0 Å². The van der Waals surface area contributed by atoms with Gasteiger partial charge in [-0.3, -0.25) is 4.79 Å². The van der Waals surface area contributed by atoms with Crippen molar-refractivity contribution in [2.24, 2.45) is 0 Å². The lowest BCUT2D eigenvalue weighted by Gasteiger charge is -2.17. The van der Waals surface area contributed by atoms with Crippen molar-refractivity contribution in [1.82, 2.24) is 9.55 Å². The van der Waals surface area contributed by atoms with Gasteiger partial charge in [-0.25, -0.2) is 0 Å². The number of benzene rings is 2. The smallest absolute Gasteiger partial charge is 0.490 e. The van der Waals surface area contributed by atoms with Crippen LogP contribution in [0.15, 0.2) is 47.4 Å². The van der Waals surface area contributed by atoms with E-state index in [1.807, 2.05) is 0 Å². The third-order valence-electron chi connectivity index (χ3n) is 4.39. The third-order valence-corrected chi connectivity index (χ3v) is 4.80.